The number of carbonyl (C=O) groups is 2. The molecular weight excluding hydrogens is 431 g/mol. The molecule has 0 radical (unpaired) electrons. The van der Waals surface area contributed by atoms with Crippen LogP contribution in [0.3, 0.4) is 0 Å². The third kappa shape index (κ3) is 3.91. The van der Waals surface area contributed by atoms with E-state index in [1.165, 1.54) is 0 Å². The van der Waals surface area contributed by atoms with E-state index in [1.807, 2.05) is 9.80 Å². The van der Waals surface area contributed by atoms with Gasteiger partial charge in [0, 0.05) is 31.6 Å². The van der Waals surface area contributed by atoms with Gasteiger partial charge in [0.05, 0.1) is 10.1 Å². The van der Waals surface area contributed by atoms with Crippen molar-refractivity contribution < 1.29 is 14.3 Å². The smallest absolute Gasteiger partial charge is 0.320 e. The second-order valence-electron chi connectivity index (χ2n) is 5.87. The van der Waals surface area contributed by atoms with Crippen LogP contribution in [0.5, 0.6) is 5.75 Å². The van der Waals surface area contributed by atoms with Gasteiger partial charge in [-0.3, -0.25) is 4.79 Å². The number of halogens is 2. The summed E-state index contributed by atoms with van der Waals surface area (Å²) in [7, 11) is 0. The van der Waals surface area contributed by atoms with Crippen LogP contribution in [-0.2, 0) is 0 Å². The molecule has 124 valence electrons. The average Bonchev–Trinajstić information content (AvgIpc) is 3.19. The normalized spacial score (nSPS) is 20.9. The van der Waals surface area contributed by atoms with Crippen LogP contribution in [-0.4, -0.2) is 53.4 Å². The van der Waals surface area contributed by atoms with Gasteiger partial charge in [-0.25, -0.2) is 4.79 Å². The standard InChI is InChI=1S/C16H18ClIN2O3/c17-15(21)11-3-4-14(13(18)9-11)23-12-5-8-20(10-12)16(22)19-6-1-2-7-19/h3-4,9,12H,1-2,5-8,10H2. The summed E-state index contributed by atoms with van der Waals surface area (Å²) in [5, 5.41) is -0.474. The van der Waals surface area contributed by atoms with Crippen molar-refractivity contribution in [1.29, 1.82) is 0 Å². The molecule has 0 aliphatic carbocycles. The lowest BCUT2D eigenvalue weighted by Gasteiger charge is -2.24. The first kappa shape index (κ1) is 16.8. The van der Waals surface area contributed by atoms with E-state index < -0.39 is 5.24 Å². The van der Waals surface area contributed by atoms with Crippen molar-refractivity contribution in [2.75, 3.05) is 26.2 Å². The first-order valence-corrected chi connectivity index (χ1v) is 9.20. The van der Waals surface area contributed by atoms with E-state index in [4.69, 9.17) is 16.3 Å². The lowest BCUT2D eigenvalue weighted by atomic mass is 10.2. The zero-order valence-electron chi connectivity index (χ0n) is 12.6. The van der Waals surface area contributed by atoms with Crippen LogP contribution in [0.2, 0.25) is 0 Å². The number of hydrogen-bond donors (Lipinski definition) is 0. The van der Waals surface area contributed by atoms with Crippen molar-refractivity contribution in [2.24, 2.45) is 0 Å². The summed E-state index contributed by atoms with van der Waals surface area (Å²) < 4.78 is 6.86. The van der Waals surface area contributed by atoms with Gasteiger partial charge in [0.25, 0.3) is 5.24 Å². The number of hydrogen-bond acceptors (Lipinski definition) is 3. The molecule has 2 aliphatic rings. The van der Waals surface area contributed by atoms with Gasteiger partial charge in [0.2, 0.25) is 0 Å². The fourth-order valence-electron chi connectivity index (χ4n) is 3.00. The van der Waals surface area contributed by atoms with Gasteiger partial charge in [-0.05, 0) is 65.2 Å². The lowest BCUT2D eigenvalue weighted by Crippen LogP contribution is -2.41. The molecular formula is C16H18ClIN2O3. The Morgan fingerprint density at radius 3 is 2.57 bits per heavy atom. The molecule has 0 N–H and O–H groups in total. The first-order chi connectivity index (χ1) is 11.0. The van der Waals surface area contributed by atoms with Crippen molar-refractivity contribution in [3.05, 3.63) is 27.3 Å². The van der Waals surface area contributed by atoms with Crippen molar-refractivity contribution in [1.82, 2.24) is 9.80 Å². The Morgan fingerprint density at radius 2 is 1.91 bits per heavy atom. The largest absolute Gasteiger partial charge is 0.487 e. The Labute approximate surface area is 154 Å². The summed E-state index contributed by atoms with van der Waals surface area (Å²) in [5.41, 5.74) is 0.459. The number of benzene rings is 1. The molecule has 2 amide bonds. The van der Waals surface area contributed by atoms with Crippen LogP contribution in [0.1, 0.15) is 29.6 Å². The van der Waals surface area contributed by atoms with Crippen LogP contribution in [0.4, 0.5) is 4.79 Å². The van der Waals surface area contributed by atoms with Gasteiger partial charge in [0.1, 0.15) is 11.9 Å². The highest BCUT2D eigenvalue weighted by Gasteiger charge is 2.31. The monoisotopic (exact) mass is 448 g/mol. The van der Waals surface area contributed by atoms with Gasteiger partial charge < -0.3 is 14.5 Å². The zero-order valence-corrected chi connectivity index (χ0v) is 15.5. The maximum absolute atomic E-state index is 12.4. The van der Waals surface area contributed by atoms with Crippen LogP contribution < -0.4 is 4.74 Å². The third-order valence-electron chi connectivity index (χ3n) is 4.24. The highest BCUT2D eigenvalue weighted by molar-refractivity contribution is 14.1. The Morgan fingerprint density at radius 1 is 1.17 bits per heavy atom. The first-order valence-electron chi connectivity index (χ1n) is 7.74. The number of rotatable bonds is 3. The summed E-state index contributed by atoms with van der Waals surface area (Å²) in [6, 6.07) is 5.27. The van der Waals surface area contributed by atoms with Crippen molar-refractivity contribution in [2.45, 2.75) is 25.4 Å². The van der Waals surface area contributed by atoms with E-state index in [9.17, 15) is 9.59 Å². The maximum atomic E-state index is 12.4. The van der Waals surface area contributed by atoms with Gasteiger partial charge >= 0.3 is 6.03 Å². The van der Waals surface area contributed by atoms with E-state index in [0.717, 1.165) is 48.2 Å². The van der Waals surface area contributed by atoms with E-state index in [1.54, 1.807) is 18.2 Å². The number of amides is 2. The molecule has 0 bridgehead atoms. The molecule has 23 heavy (non-hydrogen) atoms. The summed E-state index contributed by atoms with van der Waals surface area (Å²) in [5.74, 6) is 0.729. The molecule has 1 unspecified atom stereocenters. The van der Waals surface area contributed by atoms with Gasteiger partial charge in [-0.2, -0.15) is 0 Å². The van der Waals surface area contributed by atoms with E-state index in [-0.39, 0.29) is 12.1 Å². The maximum Gasteiger partial charge on any atom is 0.320 e. The van der Waals surface area contributed by atoms with Crippen molar-refractivity contribution in [3.63, 3.8) is 0 Å². The van der Waals surface area contributed by atoms with Crippen molar-refractivity contribution >= 4 is 45.5 Å². The van der Waals surface area contributed by atoms with E-state index in [2.05, 4.69) is 22.6 Å². The van der Waals surface area contributed by atoms with Crippen LogP contribution in [0, 0.1) is 3.57 Å². The highest BCUT2D eigenvalue weighted by Crippen LogP contribution is 2.26. The minimum atomic E-state index is -0.474. The fraction of sp³-hybridized carbons (Fsp3) is 0.500. The number of carbonyl (C=O) groups excluding carboxylic acids is 2. The molecule has 7 heteroatoms. The topological polar surface area (TPSA) is 49.9 Å². The summed E-state index contributed by atoms with van der Waals surface area (Å²) in [6.45, 7) is 3.08. The minimum absolute atomic E-state index is 0.00683. The highest BCUT2D eigenvalue weighted by atomic mass is 127. The predicted molar refractivity (Wildman–Crippen MR) is 96.2 cm³/mol. The quantitative estimate of drug-likeness (QED) is 0.526. The molecule has 0 aromatic heterocycles. The Hall–Kier alpha value is -1.02. The molecule has 1 atom stereocenters. The molecule has 2 saturated heterocycles. The molecule has 2 heterocycles. The SMILES string of the molecule is O=C(Cl)c1ccc(OC2CCN(C(=O)N3CCCC3)C2)c(I)c1. The molecule has 0 spiro atoms. The molecule has 1 aromatic rings. The van der Waals surface area contributed by atoms with E-state index in [0.29, 0.717) is 12.1 Å². The molecule has 1 aromatic carbocycles. The molecule has 2 aliphatic heterocycles. The minimum Gasteiger partial charge on any atom is -0.487 e. The molecule has 5 nitrogen and oxygen atoms in total. The van der Waals surface area contributed by atoms with Crippen LogP contribution >= 0.6 is 34.2 Å². The van der Waals surface area contributed by atoms with E-state index >= 15 is 0 Å². The second-order valence-corrected chi connectivity index (χ2v) is 7.38. The molecule has 0 saturated carbocycles. The molecule has 2 fully saturated rings. The van der Waals surface area contributed by atoms with Gasteiger partial charge in [0.15, 0.2) is 0 Å². The number of urea groups is 1. The Bertz CT molecular complexity index is 619. The number of nitrogens with zero attached hydrogens (tertiary/aromatic N) is 2. The van der Waals surface area contributed by atoms with Gasteiger partial charge in [-0.15, -0.1) is 0 Å². The van der Waals surface area contributed by atoms with Crippen LogP contribution in [0.25, 0.3) is 0 Å². The Kier molecular flexibility index (Phi) is 5.31. The zero-order chi connectivity index (χ0) is 16.4. The third-order valence-corrected chi connectivity index (χ3v) is 5.31. The predicted octanol–water partition coefficient (Wildman–Crippen LogP) is 3.34. The second kappa shape index (κ2) is 7.25. The average molecular weight is 449 g/mol. The fourth-order valence-corrected chi connectivity index (χ4v) is 3.76. The van der Waals surface area contributed by atoms with Crippen molar-refractivity contribution in [3.8, 4) is 5.75 Å². The van der Waals surface area contributed by atoms with Gasteiger partial charge in [-0.1, -0.05) is 0 Å². The summed E-state index contributed by atoms with van der Waals surface area (Å²) in [4.78, 5) is 27.3. The molecule has 3 rings (SSSR count). The van der Waals surface area contributed by atoms with Crippen LogP contribution in [0.15, 0.2) is 18.2 Å². The Balaban J connectivity index is 1.59. The lowest BCUT2D eigenvalue weighted by molar-refractivity contribution is 0.108. The number of likely N-dealkylation sites (tertiary alicyclic amines) is 2. The number of ether oxygens (including phenoxy) is 1. The summed E-state index contributed by atoms with van der Waals surface area (Å²) in [6.07, 6.45) is 3.02. The summed E-state index contributed by atoms with van der Waals surface area (Å²) >= 11 is 7.61.